The number of nitrogens with one attached hydrogen (secondary N) is 1. The lowest BCUT2D eigenvalue weighted by molar-refractivity contribution is 0.565. The average molecular weight is 388 g/mol. The molecule has 130 valence electrons. The molecular weight excluding hydrogens is 370 g/mol. The normalized spacial score (nSPS) is 13.6. The van der Waals surface area contributed by atoms with Gasteiger partial charge in [0.05, 0.1) is 10.6 Å². The number of hydrogen-bond donors (Lipinski definition) is 1. The summed E-state index contributed by atoms with van der Waals surface area (Å²) in [4.78, 5) is 0.195. The molecule has 0 radical (unpaired) electrons. The largest absolute Gasteiger partial charge is 0.224 e. The molecule has 0 saturated carbocycles. The van der Waals surface area contributed by atoms with Crippen molar-refractivity contribution in [3.63, 3.8) is 0 Å². The second-order valence-corrected chi connectivity index (χ2v) is 9.78. The van der Waals surface area contributed by atoms with Gasteiger partial charge < -0.3 is 0 Å². The minimum atomic E-state index is -3.56. The van der Waals surface area contributed by atoms with Crippen LogP contribution in [0.5, 0.6) is 0 Å². The van der Waals surface area contributed by atoms with Crippen LogP contribution in [0.4, 0.5) is 0 Å². The summed E-state index contributed by atoms with van der Waals surface area (Å²) >= 11 is 5.86. The maximum atomic E-state index is 12.3. The van der Waals surface area contributed by atoms with Gasteiger partial charge in [-0.3, -0.25) is 0 Å². The molecule has 0 heterocycles. The molecule has 0 bridgehead atoms. The molecule has 5 nitrogen and oxygen atoms in total. The third-order valence-corrected chi connectivity index (χ3v) is 6.20. The third-order valence-electron chi connectivity index (χ3n) is 3.41. The molecule has 2 rings (SSSR count). The maximum Gasteiger partial charge on any atom is 0.216 e. The summed E-state index contributed by atoms with van der Waals surface area (Å²) in [5, 5.41) is 0.479. The number of sulfone groups is 1. The van der Waals surface area contributed by atoms with E-state index in [-0.39, 0.29) is 10.6 Å². The lowest BCUT2D eigenvalue weighted by atomic mass is 10.1. The highest BCUT2D eigenvalue weighted by atomic mass is 35.5. The highest BCUT2D eigenvalue weighted by molar-refractivity contribution is 7.90. The molecule has 0 aromatic heterocycles. The van der Waals surface area contributed by atoms with E-state index in [4.69, 9.17) is 11.6 Å². The highest BCUT2D eigenvalue weighted by Gasteiger charge is 2.17. The number of benzene rings is 2. The molecule has 1 unspecified atom stereocenters. The second-order valence-electron chi connectivity index (χ2n) is 5.57. The SMILES string of the molecule is CC(NS(=O)(=O)Cc1cccc(Cl)c1)c1ccc(S(C)(=O)=O)cc1. The average Bonchev–Trinajstić information content (AvgIpc) is 2.45. The summed E-state index contributed by atoms with van der Waals surface area (Å²) < 4.78 is 50.0. The standard InChI is InChI=1S/C16H18ClNO4S2/c1-12(14-6-8-16(9-7-14)23(2,19)20)18-24(21,22)11-13-4-3-5-15(17)10-13/h3-10,12,18H,11H2,1-2H3. The van der Waals surface area contributed by atoms with Crippen LogP contribution in [0.25, 0.3) is 0 Å². The first-order chi connectivity index (χ1) is 11.1. The van der Waals surface area contributed by atoms with Crippen LogP contribution in [-0.4, -0.2) is 23.1 Å². The molecule has 2 aromatic carbocycles. The molecule has 0 amide bonds. The van der Waals surface area contributed by atoms with Gasteiger partial charge in [-0.2, -0.15) is 0 Å². The van der Waals surface area contributed by atoms with Crippen molar-refractivity contribution < 1.29 is 16.8 Å². The van der Waals surface area contributed by atoms with Gasteiger partial charge in [0.25, 0.3) is 0 Å². The zero-order valence-corrected chi connectivity index (χ0v) is 15.6. The minimum Gasteiger partial charge on any atom is -0.224 e. The Labute approximate surface area is 147 Å². The van der Waals surface area contributed by atoms with Crippen molar-refractivity contribution >= 4 is 31.5 Å². The molecule has 8 heteroatoms. The number of halogens is 1. The molecule has 0 fully saturated rings. The van der Waals surface area contributed by atoms with Crippen LogP contribution in [0.3, 0.4) is 0 Å². The zero-order chi connectivity index (χ0) is 18.0. The Kier molecular flexibility index (Phi) is 5.70. The molecule has 0 saturated heterocycles. The van der Waals surface area contributed by atoms with Gasteiger partial charge in [0.15, 0.2) is 9.84 Å². The van der Waals surface area contributed by atoms with Crippen LogP contribution in [0.1, 0.15) is 24.1 Å². The molecule has 0 aliphatic rings. The summed E-state index contributed by atoms with van der Waals surface area (Å²) in [7, 11) is -6.84. The molecule has 1 atom stereocenters. The summed E-state index contributed by atoms with van der Waals surface area (Å²) in [5.41, 5.74) is 1.27. The summed E-state index contributed by atoms with van der Waals surface area (Å²) in [5.74, 6) is -0.181. The fourth-order valence-electron chi connectivity index (χ4n) is 2.23. The minimum absolute atomic E-state index is 0.181. The first-order valence-electron chi connectivity index (χ1n) is 7.11. The molecule has 2 aromatic rings. The van der Waals surface area contributed by atoms with Crippen molar-refractivity contribution in [2.75, 3.05) is 6.26 Å². The maximum absolute atomic E-state index is 12.3. The van der Waals surface area contributed by atoms with E-state index in [2.05, 4.69) is 4.72 Å². The molecule has 24 heavy (non-hydrogen) atoms. The Morgan fingerprint density at radius 2 is 1.67 bits per heavy atom. The Bertz CT molecular complexity index is 923. The summed E-state index contributed by atoms with van der Waals surface area (Å²) in [6.45, 7) is 1.70. The predicted octanol–water partition coefficient (Wildman–Crippen LogP) is 2.92. The third kappa shape index (κ3) is 5.31. The van der Waals surface area contributed by atoms with Gasteiger partial charge in [-0.1, -0.05) is 35.9 Å². The van der Waals surface area contributed by atoms with Crippen molar-refractivity contribution in [1.82, 2.24) is 4.72 Å². The molecule has 1 N–H and O–H groups in total. The van der Waals surface area contributed by atoms with E-state index >= 15 is 0 Å². The Balaban J connectivity index is 2.11. The fourth-order valence-corrected chi connectivity index (χ4v) is 4.45. The van der Waals surface area contributed by atoms with E-state index in [1.807, 2.05) is 0 Å². The lowest BCUT2D eigenvalue weighted by Gasteiger charge is -2.15. The van der Waals surface area contributed by atoms with E-state index in [0.717, 1.165) is 6.26 Å². The predicted molar refractivity (Wildman–Crippen MR) is 95.2 cm³/mol. The van der Waals surface area contributed by atoms with Crippen molar-refractivity contribution in [3.8, 4) is 0 Å². The fraction of sp³-hybridized carbons (Fsp3) is 0.250. The van der Waals surface area contributed by atoms with Crippen LogP contribution < -0.4 is 4.72 Å². The molecular formula is C16H18ClNO4S2. The van der Waals surface area contributed by atoms with Crippen LogP contribution >= 0.6 is 11.6 Å². The van der Waals surface area contributed by atoms with Crippen molar-refractivity contribution in [2.45, 2.75) is 23.6 Å². The van der Waals surface area contributed by atoms with E-state index in [1.165, 1.54) is 12.1 Å². The second kappa shape index (κ2) is 7.23. The van der Waals surface area contributed by atoms with E-state index in [1.54, 1.807) is 43.3 Å². The first-order valence-corrected chi connectivity index (χ1v) is 11.0. The van der Waals surface area contributed by atoms with Gasteiger partial charge in [-0.05, 0) is 42.3 Å². The van der Waals surface area contributed by atoms with Gasteiger partial charge in [0.1, 0.15) is 0 Å². The van der Waals surface area contributed by atoms with Gasteiger partial charge in [-0.15, -0.1) is 0 Å². The van der Waals surface area contributed by atoms with Gasteiger partial charge in [-0.25, -0.2) is 21.6 Å². The highest BCUT2D eigenvalue weighted by Crippen LogP contribution is 2.18. The van der Waals surface area contributed by atoms with Gasteiger partial charge in [0.2, 0.25) is 10.0 Å². The van der Waals surface area contributed by atoms with Crippen molar-refractivity contribution in [3.05, 3.63) is 64.7 Å². The topological polar surface area (TPSA) is 80.3 Å². The van der Waals surface area contributed by atoms with E-state index in [0.29, 0.717) is 16.1 Å². The van der Waals surface area contributed by atoms with Crippen LogP contribution in [0.2, 0.25) is 5.02 Å². The monoisotopic (exact) mass is 387 g/mol. The van der Waals surface area contributed by atoms with Crippen molar-refractivity contribution in [1.29, 1.82) is 0 Å². The zero-order valence-electron chi connectivity index (χ0n) is 13.2. The summed E-state index contributed by atoms with van der Waals surface area (Å²) in [6.07, 6.45) is 1.12. The van der Waals surface area contributed by atoms with Crippen LogP contribution in [-0.2, 0) is 25.6 Å². The van der Waals surface area contributed by atoms with Gasteiger partial charge >= 0.3 is 0 Å². The number of rotatable bonds is 6. The molecule has 0 aliphatic heterocycles. The number of sulfonamides is 1. The Hall–Kier alpha value is -1.41. The summed E-state index contributed by atoms with van der Waals surface area (Å²) in [6, 6.07) is 12.3. The first kappa shape index (κ1) is 18.9. The quantitative estimate of drug-likeness (QED) is 0.826. The number of hydrogen-bond acceptors (Lipinski definition) is 4. The molecule has 0 aliphatic carbocycles. The Morgan fingerprint density at radius 1 is 1.04 bits per heavy atom. The van der Waals surface area contributed by atoms with Crippen LogP contribution in [0, 0.1) is 0 Å². The van der Waals surface area contributed by atoms with Gasteiger partial charge in [0, 0.05) is 17.3 Å². The Morgan fingerprint density at radius 3 is 2.21 bits per heavy atom. The van der Waals surface area contributed by atoms with Crippen LogP contribution in [0.15, 0.2) is 53.4 Å². The van der Waals surface area contributed by atoms with E-state index in [9.17, 15) is 16.8 Å². The van der Waals surface area contributed by atoms with E-state index < -0.39 is 25.9 Å². The molecule has 0 spiro atoms. The smallest absolute Gasteiger partial charge is 0.216 e. The lowest BCUT2D eigenvalue weighted by Crippen LogP contribution is -2.28. The van der Waals surface area contributed by atoms with Crippen molar-refractivity contribution in [2.24, 2.45) is 0 Å².